The predicted molar refractivity (Wildman–Crippen MR) is 81.1 cm³/mol. The molecule has 2 aliphatic rings. The van der Waals surface area contributed by atoms with Crippen molar-refractivity contribution in [3.63, 3.8) is 0 Å². The second kappa shape index (κ2) is 5.05. The molecule has 5 nitrogen and oxygen atoms in total. The topological polar surface area (TPSA) is 64.2 Å². The third-order valence-corrected chi connectivity index (χ3v) is 5.02. The van der Waals surface area contributed by atoms with E-state index in [0.717, 1.165) is 31.6 Å². The summed E-state index contributed by atoms with van der Waals surface area (Å²) in [7, 11) is 0. The molecule has 6 heteroatoms. The minimum absolute atomic E-state index is 0.155. The summed E-state index contributed by atoms with van der Waals surface area (Å²) in [5, 5.41) is 5.15. The molecular weight excluding hydrogens is 283 g/mol. The summed E-state index contributed by atoms with van der Waals surface area (Å²) in [4.78, 5) is 14.0. The number of fused-ring (bicyclic) bond motifs is 1. The molecule has 1 aliphatic carbocycles. The quantitative estimate of drug-likeness (QED) is 0.944. The number of primary amides is 1. The lowest BCUT2D eigenvalue weighted by Crippen LogP contribution is -2.38. The number of nitrogens with two attached hydrogens (primary N) is 1. The normalized spacial score (nSPS) is 23.0. The zero-order valence-electron chi connectivity index (χ0n) is 12.3. The Labute approximate surface area is 127 Å². The average molecular weight is 302 g/mol. The fraction of sp³-hybridized carbons (Fsp3) is 0.500. The van der Waals surface area contributed by atoms with E-state index in [4.69, 9.17) is 5.73 Å². The summed E-state index contributed by atoms with van der Waals surface area (Å²) in [5.41, 5.74) is 5.99. The van der Waals surface area contributed by atoms with Gasteiger partial charge in [0, 0.05) is 30.7 Å². The molecule has 2 fully saturated rings. The molecule has 1 atom stereocenters. The van der Waals surface area contributed by atoms with E-state index < -0.39 is 11.7 Å². The molecule has 0 spiro atoms. The molecule has 2 aromatic rings. The Bertz CT molecular complexity index is 737. The Morgan fingerprint density at radius 2 is 2.09 bits per heavy atom. The molecule has 1 saturated carbocycles. The molecule has 0 bridgehead atoms. The third-order valence-electron chi connectivity index (χ3n) is 5.02. The Balaban J connectivity index is 1.65. The van der Waals surface area contributed by atoms with Crippen LogP contribution < -0.4 is 5.73 Å². The van der Waals surface area contributed by atoms with Gasteiger partial charge in [-0.25, -0.2) is 4.39 Å². The zero-order valence-corrected chi connectivity index (χ0v) is 12.3. The highest BCUT2D eigenvalue weighted by Gasteiger charge is 2.32. The van der Waals surface area contributed by atoms with E-state index in [2.05, 4.69) is 10.00 Å². The van der Waals surface area contributed by atoms with Crippen molar-refractivity contribution < 1.29 is 9.18 Å². The number of benzene rings is 1. The van der Waals surface area contributed by atoms with Crippen molar-refractivity contribution in [1.82, 2.24) is 14.7 Å². The first-order valence-corrected chi connectivity index (χ1v) is 7.84. The van der Waals surface area contributed by atoms with Crippen molar-refractivity contribution in [2.45, 2.75) is 37.8 Å². The Kier molecular flexibility index (Phi) is 3.14. The molecule has 1 aliphatic heterocycles. The maximum absolute atomic E-state index is 13.6. The predicted octanol–water partition coefficient (Wildman–Crippen LogP) is 2.07. The number of hydrogen-bond acceptors (Lipinski definition) is 3. The number of likely N-dealkylation sites (tertiary alicyclic amines) is 1. The average Bonchev–Trinajstić information content (AvgIpc) is 3.01. The van der Waals surface area contributed by atoms with Gasteiger partial charge in [0.2, 0.25) is 0 Å². The monoisotopic (exact) mass is 302 g/mol. The molecule has 0 radical (unpaired) electrons. The SMILES string of the molecule is NC(=O)c1cc(F)cc2cn(C3CCN(C4CCC4)C3)nc12. The fourth-order valence-corrected chi connectivity index (χ4v) is 3.56. The van der Waals surface area contributed by atoms with Crippen LogP contribution in [0.4, 0.5) is 4.39 Å². The molecule has 1 unspecified atom stereocenters. The highest BCUT2D eigenvalue weighted by Crippen LogP contribution is 2.32. The van der Waals surface area contributed by atoms with Crippen LogP contribution >= 0.6 is 0 Å². The highest BCUT2D eigenvalue weighted by molar-refractivity contribution is 6.04. The van der Waals surface area contributed by atoms with Gasteiger partial charge in [-0.15, -0.1) is 0 Å². The summed E-state index contributed by atoms with van der Waals surface area (Å²) in [6, 6.07) is 3.59. The number of aromatic nitrogens is 2. The minimum atomic E-state index is -0.641. The molecule has 22 heavy (non-hydrogen) atoms. The number of halogens is 1. The van der Waals surface area contributed by atoms with E-state index in [1.807, 2.05) is 10.9 Å². The van der Waals surface area contributed by atoms with Gasteiger partial charge in [-0.3, -0.25) is 14.4 Å². The molecule has 1 saturated heterocycles. The lowest BCUT2D eigenvalue weighted by Gasteiger charge is -2.34. The molecule has 1 aromatic heterocycles. The van der Waals surface area contributed by atoms with Gasteiger partial charge >= 0.3 is 0 Å². The molecule has 1 amide bonds. The number of amides is 1. The van der Waals surface area contributed by atoms with Gasteiger partial charge in [0.15, 0.2) is 0 Å². The molecule has 4 rings (SSSR count). The lowest BCUT2D eigenvalue weighted by molar-refractivity contribution is 0.100. The van der Waals surface area contributed by atoms with Gasteiger partial charge < -0.3 is 5.73 Å². The Morgan fingerprint density at radius 1 is 1.27 bits per heavy atom. The van der Waals surface area contributed by atoms with E-state index >= 15 is 0 Å². The first kappa shape index (κ1) is 13.7. The van der Waals surface area contributed by atoms with Crippen LogP contribution in [-0.2, 0) is 0 Å². The number of carbonyl (C=O) groups excluding carboxylic acids is 1. The van der Waals surface area contributed by atoms with Gasteiger partial charge in [0.1, 0.15) is 11.3 Å². The second-order valence-electron chi connectivity index (χ2n) is 6.39. The fourth-order valence-electron chi connectivity index (χ4n) is 3.56. The molecular formula is C16H19FN4O. The van der Waals surface area contributed by atoms with E-state index in [9.17, 15) is 9.18 Å². The first-order chi connectivity index (χ1) is 10.6. The van der Waals surface area contributed by atoms with Crippen LogP contribution in [-0.4, -0.2) is 39.7 Å². The van der Waals surface area contributed by atoms with Crippen LogP contribution in [0.15, 0.2) is 18.3 Å². The summed E-state index contributed by atoms with van der Waals surface area (Å²) in [6.45, 7) is 2.07. The molecule has 2 heterocycles. The zero-order chi connectivity index (χ0) is 15.3. The number of hydrogen-bond donors (Lipinski definition) is 1. The van der Waals surface area contributed by atoms with Crippen molar-refractivity contribution in [2.24, 2.45) is 5.73 Å². The van der Waals surface area contributed by atoms with E-state index in [0.29, 0.717) is 10.9 Å². The summed E-state index contributed by atoms with van der Waals surface area (Å²) < 4.78 is 15.5. The summed E-state index contributed by atoms with van der Waals surface area (Å²) >= 11 is 0. The lowest BCUT2D eigenvalue weighted by atomic mass is 9.92. The van der Waals surface area contributed by atoms with E-state index in [1.54, 1.807) is 0 Å². The number of rotatable bonds is 3. The summed E-state index contributed by atoms with van der Waals surface area (Å²) in [5.74, 6) is -1.10. The van der Waals surface area contributed by atoms with Crippen LogP contribution in [0.3, 0.4) is 0 Å². The number of carbonyl (C=O) groups is 1. The van der Waals surface area contributed by atoms with Crippen LogP contribution in [0.1, 0.15) is 42.1 Å². The van der Waals surface area contributed by atoms with Crippen LogP contribution in [0.2, 0.25) is 0 Å². The van der Waals surface area contributed by atoms with Crippen LogP contribution in [0.25, 0.3) is 10.9 Å². The van der Waals surface area contributed by atoms with Crippen molar-refractivity contribution in [2.75, 3.05) is 13.1 Å². The molecule has 2 N–H and O–H groups in total. The third kappa shape index (κ3) is 2.18. The van der Waals surface area contributed by atoms with Crippen molar-refractivity contribution in [1.29, 1.82) is 0 Å². The van der Waals surface area contributed by atoms with Crippen LogP contribution in [0, 0.1) is 5.82 Å². The molecule has 1 aromatic carbocycles. The van der Waals surface area contributed by atoms with Gasteiger partial charge in [-0.05, 0) is 31.4 Å². The van der Waals surface area contributed by atoms with Crippen molar-refractivity contribution in [3.05, 3.63) is 29.7 Å². The van der Waals surface area contributed by atoms with Gasteiger partial charge in [0.25, 0.3) is 5.91 Å². The maximum Gasteiger partial charge on any atom is 0.251 e. The van der Waals surface area contributed by atoms with Crippen molar-refractivity contribution in [3.8, 4) is 0 Å². The van der Waals surface area contributed by atoms with E-state index in [1.165, 1.54) is 25.3 Å². The van der Waals surface area contributed by atoms with Gasteiger partial charge in [-0.2, -0.15) is 5.10 Å². The molecule has 116 valence electrons. The second-order valence-corrected chi connectivity index (χ2v) is 6.39. The smallest absolute Gasteiger partial charge is 0.251 e. The van der Waals surface area contributed by atoms with E-state index in [-0.39, 0.29) is 11.6 Å². The summed E-state index contributed by atoms with van der Waals surface area (Å²) in [6.07, 6.45) is 6.80. The van der Waals surface area contributed by atoms with Gasteiger partial charge in [0.05, 0.1) is 11.6 Å². The standard InChI is InChI=1S/C16H19FN4O/c17-11-6-10-8-21(19-15(10)14(7-11)16(18)22)13-4-5-20(9-13)12-2-1-3-12/h6-8,12-13H,1-5,9H2,(H2,18,22). The Morgan fingerprint density at radius 3 is 2.77 bits per heavy atom. The van der Waals surface area contributed by atoms with Crippen LogP contribution in [0.5, 0.6) is 0 Å². The Hall–Kier alpha value is -1.95. The number of nitrogens with zero attached hydrogens (tertiary/aromatic N) is 3. The largest absolute Gasteiger partial charge is 0.366 e. The van der Waals surface area contributed by atoms with Gasteiger partial charge in [-0.1, -0.05) is 6.42 Å². The minimum Gasteiger partial charge on any atom is -0.366 e. The maximum atomic E-state index is 13.6. The van der Waals surface area contributed by atoms with Crippen molar-refractivity contribution >= 4 is 16.8 Å². The first-order valence-electron chi connectivity index (χ1n) is 7.84. The highest BCUT2D eigenvalue weighted by atomic mass is 19.1.